The van der Waals surface area contributed by atoms with Gasteiger partial charge in [-0.2, -0.15) is 0 Å². The molecular weight excluding hydrogens is 324 g/mol. The van der Waals surface area contributed by atoms with E-state index in [0.29, 0.717) is 6.04 Å². The first-order valence-corrected chi connectivity index (χ1v) is 8.27. The number of hydrogen-bond donors (Lipinski definition) is 1. The second kappa shape index (κ2) is 6.20. The minimum atomic E-state index is 0.527. The predicted molar refractivity (Wildman–Crippen MR) is 92.3 cm³/mol. The molecular formula is C18H21BrN2. The van der Waals surface area contributed by atoms with Gasteiger partial charge in [0.25, 0.3) is 0 Å². The number of nitrogens with zero attached hydrogens (tertiary/aromatic N) is 1. The summed E-state index contributed by atoms with van der Waals surface area (Å²) in [6.45, 7) is 4.40. The van der Waals surface area contributed by atoms with E-state index in [0.717, 1.165) is 36.1 Å². The number of nitrogen functional groups attached to an aromatic ring is 1. The summed E-state index contributed by atoms with van der Waals surface area (Å²) in [5, 5.41) is 0. The molecule has 0 radical (unpaired) electrons. The molecule has 3 heteroatoms. The van der Waals surface area contributed by atoms with Gasteiger partial charge in [0.1, 0.15) is 0 Å². The highest BCUT2D eigenvalue weighted by Gasteiger charge is 2.22. The van der Waals surface area contributed by atoms with Crippen LogP contribution in [0.15, 0.2) is 46.9 Å². The number of rotatable bonds is 3. The number of benzene rings is 2. The number of halogens is 1. The average molecular weight is 345 g/mol. The second-order valence-corrected chi connectivity index (χ2v) is 6.80. The smallest absolute Gasteiger partial charge is 0.0362 e. The summed E-state index contributed by atoms with van der Waals surface area (Å²) in [6, 6.07) is 15.5. The standard InChI is InChI=1S/C18H21BrN2/c1-13(11-14-5-7-16(19)8-6-14)21-10-9-15-3-2-4-18(20)17(15)12-21/h2-8,13H,9-12,20H2,1H3. The Morgan fingerprint density at radius 3 is 2.71 bits per heavy atom. The lowest BCUT2D eigenvalue weighted by atomic mass is 9.96. The van der Waals surface area contributed by atoms with Gasteiger partial charge in [0.05, 0.1) is 0 Å². The Bertz CT molecular complexity index is 622. The quantitative estimate of drug-likeness (QED) is 0.852. The maximum absolute atomic E-state index is 6.14. The molecule has 110 valence electrons. The van der Waals surface area contributed by atoms with Gasteiger partial charge >= 0.3 is 0 Å². The topological polar surface area (TPSA) is 29.3 Å². The van der Waals surface area contributed by atoms with E-state index in [-0.39, 0.29) is 0 Å². The van der Waals surface area contributed by atoms with Gasteiger partial charge in [-0.1, -0.05) is 40.2 Å². The highest BCUT2D eigenvalue weighted by Crippen LogP contribution is 2.26. The lowest BCUT2D eigenvalue weighted by Gasteiger charge is -2.34. The van der Waals surface area contributed by atoms with Crippen LogP contribution in [-0.4, -0.2) is 17.5 Å². The van der Waals surface area contributed by atoms with Crippen LogP contribution in [0.1, 0.15) is 23.6 Å². The molecule has 3 rings (SSSR count). The number of fused-ring (bicyclic) bond motifs is 1. The van der Waals surface area contributed by atoms with Crippen molar-refractivity contribution >= 4 is 21.6 Å². The first-order valence-electron chi connectivity index (χ1n) is 7.48. The monoisotopic (exact) mass is 344 g/mol. The molecule has 2 nitrogen and oxygen atoms in total. The van der Waals surface area contributed by atoms with Crippen LogP contribution in [-0.2, 0) is 19.4 Å². The van der Waals surface area contributed by atoms with Crippen molar-refractivity contribution in [1.82, 2.24) is 4.90 Å². The van der Waals surface area contributed by atoms with Crippen molar-refractivity contribution in [3.05, 3.63) is 63.6 Å². The second-order valence-electron chi connectivity index (χ2n) is 5.89. The Hall–Kier alpha value is -1.32. The molecule has 2 N–H and O–H groups in total. The lowest BCUT2D eigenvalue weighted by Crippen LogP contribution is -2.39. The van der Waals surface area contributed by atoms with E-state index >= 15 is 0 Å². The van der Waals surface area contributed by atoms with Crippen molar-refractivity contribution in [2.45, 2.75) is 32.4 Å². The van der Waals surface area contributed by atoms with Crippen LogP contribution in [0, 0.1) is 0 Å². The highest BCUT2D eigenvalue weighted by molar-refractivity contribution is 9.10. The molecule has 2 aromatic carbocycles. The first kappa shape index (κ1) is 14.6. The van der Waals surface area contributed by atoms with Gasteiger partial charge in [-0.15, -0.1) is 0 Å². The van der Waals surface area contributed by atoms with Crippen LogP contribution in [0.2, 0.25) is 0 Å². The summed E-state index contributed by atoms with van der Waals surface area (Å²) in [4.78, 5) is 2.54. The van der Waals surface area contributed by atoms with Gasteiger partial charge in [-0.05, 0) is 54.7 Å². The molecule has 1 aliphatic rings. The fourth-order valence-electron chi connectivity index (χ4n) is 3.09. The number of nitrogens with two attached hydrogens (primary N) is 1. The molecule has 0 fully saturated rings. The average Bonchev–Trinajstić information content (AvgIpc) is 2.50. The maximum atomic E-state index is 6.14. The van der Waals surface area contributed by atoms with Crippen molar-refractivity contribution in [1.29, 1.82) is 0 Å². The molecule has 21 heavy (non-hydrogen) atoms. The van der Waals surface area contributed by atoms with E-state index in [9.17, 15) is 0 Å². The van der Waals surface area contributed by atoms with Gasteiger partial charge in [0.15, 0.2) is 0 Å². The molecule has 0 aromatic heterocycles. The Morgan fingerprint density at radius 2 is 1.95 bits per heavy atom. The highest BCUT2D eigenvalue weighted by atomic mass is 79.9. The normalized spacial score (nSPS) is 16.5. The molecule has 1 aliphatic heterocycles. The van der Waals surface area contributed by atoms with Crippen LogP contribution < -0.4 is 5.73 Å². The third-order valence-electron chi connectivity index (χ3n) is 4.41. The fourth-order valence-corrected chi connectivity index (χ4v) is 3.36. The Morgan fingerprint density at radius 1 is 1.19 bits per heavy atom. The molecule has 0 spiro atoms. The zero-order chi connectivity index (χ0) is 14.8. The Labute approximate surface area is 135 Å². The van der Waals surface area contributed by atoms with Crippen molar-refractivity contribution in [3.8, 4) is 0 Å². The molecule has 1 heterocycles. The summed E-state index contributed by atoms with van der Waals surface area (Å²) >= 11 is 3.49. The lowest BCUT2D eigenvalue weighted by molar-refractivity contribution is 0.190. The first-order chi connectivity index (χ1) is 10.1. The molecule has 0 bridgehead atoms. The number of anilines is 1. The Kier molecular flexibility index (Phi) is 4.32. The van der Waals surface area contributed by atoms with E-state index in [2.05, 4.69) is 64.2 Å². The van der Waals surface area contributed by atoms with Gasteiger partial charge in [0, 0.05) is 29.3 Å². The van der Waals surface area contributed by atoms with E-state index in [1.165, 1.54) is 16.7 Å². The van der Waals surface area contributed by atoms with Gasteiger partial charge in [0.2, 0.25) is 0 Å². The largest absolute Gasteiger partial charge is 0.398 e. The van der Waals surface area contributed by atoms with Crippen molar-refractivity contribution in [2.75, 3.05) is 12.3 Å². The molecule has 0 saturated carbocycles. The van der Waals surface area contributed by atoms with Crippen LogP contribution >= 0.6 is 15.9 Å². The van der Waals surface area contributed by atoms with E-state index < -0.39 is 0 Å². The minimum absolute atomic E-state index is 0.527. The molecule has 0 amide bonds. The van der Waals surface area contributed by atoms with Crippen molar-refractivity contribution < 1.29 is 0 Å². The minimum Gasteiger partial charge on any atom is -0.398 e. The summed E-state index contributed by atoms with van der Waals surface area (Å²) in [5.74, 6) is 0. The molecule has 2 aromatic rings. The third-order valence-corrected chi connectivity index (χ3v) is 4.94. The van der Waals surface area contributed by atoms with Crippen molar-refractivity contribution in [2.24, 2.45) is 0 Å². The molecule has 0 saturated heterocycles. The van der Waals surface area contributed by atoms with Gasteiger partial charge < -0.3 is 5.73 Å². The van der Waals surface area contributed by atoms with E-state index in [1.807, 2.05) is 6.07 Å². The van der Waals surface area contributed by atoms with Crippen LogP contribution in [0.4, 0.5) is 5.69 Å². The number of hydrogen-bond acceptors (Lipinski definition) is 2. The van der Waals surface area contributed by atoms with E-state index in [1.54, 1.807) is 0 Å². The predicted octanol–water partition coefficient (Wildman–Crippen LogP) is 4.02. The zero-order valence-electron chi connectivity index (χ0n) is 12.3. The van der Waals surface area contributed by atoms with Gasteiger partial charge in [-0.3, -0.25) is 4.90 Å². The van der Waals surface area contributed by atoms with Crippen molar-refractivity contribution in [3.63, 3.8) is 0 Å². The third kappa shape index (κ3) is 3.30. The molecule has 1 unspecified atom stereocenters. The SMILES string of the molecule is CC(Cc1ccc(Br)cc1)N1CCc2cccc(N)c2C1. The molecule has 0 aliphatic carbocycles. The van der Waals surface area contributed by atoms with Crippen LogP contribution in [0.3, 0.4) is 0 Å². The van der Waals surface area contributed by atoms with Crippen LogP contribution in [0.25, 0.3) is 0 Å². The van der Waals surface area contributed by atoms with E-state index in [4.69, 9.17) is 5.73 Å². The Balaban J connectivity index is 1.70. The summed E-state index contributed by atoms with van der Waals surface area (Å²) < 4.78 is 1.14. The zero-order valence-corrected chi connectivity index (χ0v) is 13.9. The maximum Gasteiger partial charge on any atom is 0.0362 e. The summed E-state index contributed by atoms with van der Waals surface area (Å²) in [7, 11) is 0. The summed E-state index contributed by atoms with van der Waals surface area (Å²) in [5.41, 5.74) is 11.2. The summed E-state index contributed by atoms with van der Waals surface area (Å²) in [6.07, 6.45) is 2.18. The van der Waals surface area contributed by atoms with Crippen LogP contribution in [0.5, 0.6) is 0 Å². The molecule has 1 atom stereocenters. The van der Waals surface area contributed by atoms with Gasteiger partial charge in [-0.25, -0.2) is 0 Å². The fraction of sp³-hybridized carbons (Fsp3) is 0.333.